The van der Waals surface area contributed by atoms with Gasteiger partial charge in [0.25, 0.3) is 23.6 Å². The van der Waals surface area contributed by atoms with Crippen LogP contribution < -0.4 is 9.80 Å². The molecule has 2 heterocycles. The Morgan fingerprint density at radius 1 is 0.213 bits per heavy atom. The van der Waals surface area contributed by atoms with E-state index in [0.29, 0.717) is 33.6 Å². The highest BCUT2D eigenvalue weighted by atomic mass is 16.2. The molecule has 0 spiro atoms. The zero-order valence-corrected chi connectivity index (χ0v) is 42.2. The zero-order valence-electron chi connectivity index (χ0n) is 42.2. The van der Waals surface area contributed by atoms with Crippen LogP contribution >= 0.6 is 0 Å². The SMILES string of the molecule is Cc1ccc(-c2ccc3c(c2)C(=O)N(c2ccc(-c4ccc(-c5cc(-c6ccc(C)cc6)c(N6C(=O)c7ccc(-c8ccc(C)cc8)cc7C6=O)c(-c6ccc(C)cc6)c5)c(-c5ccc(C)cc5)c4)cc2)C3=O)cc1. The fraction of sp³-hybridized carbons (Fsp3) is 0.0725. The van der Waals surface area contributed by atoms with Gasteiger partial charge in [-0.1, -0.05) is 186 Å². The Labute approximate surface area is 436 Å². The molecular weight excluding hydrogens is 921 g/mol. The van der Waals surface area contributed by atoms with Crippen molar-refractivity contribution >= 4 is 35.0 Å². The van der Waals surface area contributed by atoms with Crippen LogP contribution in [0.3, 0.4) is 0 Å². The molecule has 75 heavy (non-hydrogen) atoms. The fourth-order valence-electron chi connectivity index (χ4n) is 10.5. The molecule has 2 aliphatic rings. The molecule has 0 bridgehead atoms. The molecule has 12 rings (SSSR count). The fourth-order valence-corrected chi connectivity index (χ4v) is 10.5. The number of fused-ring (bicyclic) bond motifs is 2. The summed E-state index contributed by atoms with van der Waals surface area (Å²) < 4.78 is 0. The van der Waals surface area contributed by atoms with Gasteiger partial charge in [0.2, 0.25) is 0 Å². The Morgan fingerprint density at radius 2 is 0.480 bits per heavy atom. The van der Waals surface area contributed by atoms with Gasteiger partial charge < -0.3 is 0 Å². The predicted octanol–water partition coefficient (Wildman–Crippen LogP) is 16.5. The third-order valence-electron chi connectivity index (χ3n) is 14.8. The van der Waals surface area contributed by atoms with Crippen LogP contribution in [-0.2, 0) is 0 Å². The van der Waals surface area contributed by atoms with E-state index in [9.17, 15) is 14.4 Å². The number of hydrogen-bond acceptors (Lipinski definition) is 4. The second kappa shape index (κ2) is 18.5. The van der Waals surface area contributed by atoms with Gasteiger partial charge in [-0.3, -0.25) is 19.2 Å². The van der Waals surface area contributed by atoms with E-state index in [1.165, 1.54) is 9.80 Å². The first-order valence-corrected chi connectivity index (χ1v) is 25.2. The maximum atomic E-state index is 15.0. The first kappa shape index (κ1) is 46.5. The van der Waals surface area contributed by atoms with Gasteiger partial charge in [-0.25, -0.2) is 9.80 Å². The van der Waals surface area contributed by atoms with E-state index in [1.807, 2.05) is 125 Å². The summed E-state index contributed by atoms with van der Waals surface area (Å²) in [6.07, 6.45) is 0. The molecule has 6 heteroatoms. The maximum absolute atomic E-state index is 15.0. The van der Waals surface area contributed by atoms with Crippen LogP contribution in [0, 0.1) is 34.6 Å². The highest BCUT2D eigenvalue weighted by Gasteiger charge is 2.40. The molecule has 0 aliphatic carbocycles. The Bertz CT molecular complexity index is 3900. The van der Waals surface area contributed by atoms with E-state index in [4.69, 9.17) is 0 Å². The molecule has 0 radical (unpaired) electrons. The second-order valence-electron chi connectivity index (χ2n) is 20.0. The quantitative estimate of drug-likeness (QED) is 0.135. The monoisotopic (exact) mass is 970 g/mol. The van der Waals surface area contributed by atoms with Crippen molar-refractivity contribution in [3.63, 3.8) is 0 Å². The highest BCUT2D eigenvalue weighted by Crippen LogP contribution is 2.48. The second-order valence-corrected chi connectivity index (χ2v) is 20.0. The van der Waals surface area contributed by atoms with Gasteiger partial charge in [-0.2, -0.15) is 0 Å². The van der Waals surface area contributed by atoms with Gasteiger partial charge >= 0.3 is 0 Å². The molecule has 10 aromatic rings. The number of rotatable bonds is 9. The van der Waals surface area contributed by atoms with Crippen molar-refractivity contribution in [1.82, 2.24) is 0 Å². The molecule has 2 aliphatic heterocycles. The molecule has 4 amide bonds. The first-order valence-electron chi connectivity index (χ1n) is 25.2. The van der Waals surface area contributed by atoms with E-state index >= 15 is 4.79 Å². The van der Waals surface area contributed by atoms with Crippen molar-refractivity contribution in [2.45, 2.75) is 34.6 Å². The number of imide groups is 2. The molecule has 6 nitrogen and oxygen atoms in total. The summed E-state index contributed by atoms with van der Waals surface area (Å²) in [5.74, 6) is -1.44. The zero-order chi connectivity index (χ0) is 51.6. The summed E-state index contributed by atoms with van der Waals surface area (Å²) in [4.78, 5) is 60.4. The van der Waals surface area contributed by atoms with Crippen LogP contribution in [0.5, 0.6) is 0 Å². The van der Waals surface area contributed by atoms with Crippen LogP contribution in [-0.4, -0.2) is 23.6 Å². The normalized spacial score (nSPS) is 12.9. The summed E-state index contributed by atoms with van der Waals surface area (Å²) in [7, 11) is 0. The molecule has 0 fully saturated rings. The van der Waals surface area contributed by atoms with Crippen molar-refractivity contribution in [3.8, 4) is 77.9 Å². The number of benzene rings is 10. The van der Waals surface area contributed by atoms with E-state index in [0.717, 1.165) is 106 Å². The van der Waals surface area contributed by atoms with Crippen molar-refractivity contribution in [2.24, 2.45) is 0 Å². The number of aryl methyl sites for hydroxylation is 5. The minimum atomic E-state index is -0.371. The largest absolute Gasteiger partial charge is 0.268 e. The third kappa shape index (κ3) is 8.36. The molecule has 0 aromatic heterocycles. The minimum Gasteiger partial charge on any atom is -0.268 e. The average Bonchev–Trinajstić information content (AvgIpc) is 3.87. The number of hydrogen-bond donors (Lipinski definition) is 0. The number of anilines is 2. The smallest absolute Gasteiger partial charge is 0.266 e. The van der Waals surface area contributed by atoms with Crippen molar-refractivity contribution in [2.75, 3.05) is 9.80 Å². The van der Waals surface area contributed by atoms with E-state index in [1.54, 1.807) is 12.1 Å². The Kier molecular flexibility index (Phi) is 11.5. The van der Waals surface area contributed by atoms with Gasteiger partial charge in [-0.05, 0) is 156 Å². The molecule has 0 atom stereocenters. The Balaban J connectivity index is 0.973. The lowest BCUT2D eigenvalue weighted by molar-refractivity contribution is 0.0910. The van der Waals surface area contributed by atoms with Crippen molar-refractivity contribution < 1.29 is 19.2 Å². The van der Waals surface area contributed by atoms with E-state index in [-0.39, 0.29) is 23.6 Å². The summed E-state index contributed by atoms with van der Waals surface area (Å²) in [6.45, 7) is 10.2. The molecular formula is C69H50N2O4. The van der Waals surface area contributed by atoms with Crippen LogP contribution in [0.4, 0.5) is 11.4 Å². The van der Waals surface area contributed by atoms with Crippen molar-refractivity contribution in [3.05, 3.63) is 262 Å². The minimum absolute atomic E-state index is 0.347. The first-order chi connectivity index (χ1) is 36.4. The molecule has 360 valence electrons. The number of carbonyl (C=O) groups is 4. The molecule has 0 saturated carbocycles. The van der Waals surface area contributed by atoms with Crippen LogP contribution in [0.1, 0.15) is 69.2 Å². The Hall–Kier alpha value is -9.52. The summed E-state index contributed by atoms with van der Waals surface area (Å²) in [6, 6.07) is 70.5. The number of nitrogens with zero attached hydrogens (tertiary/aromatic N) is 2. The predicted molar refractivity (Wildman–Crippen MR) is 303 cm³/mol. The van der Waals surface area contributed by atoms with E-state index in [2.05, 4.69) is 110 Å². The van der Waals surface area contributed by atoms with Gasteiger partial charge in [0.15, 0.2) is 0 Å². The van der Waals surface area contributed by atoms with Crippen LogP contribution in [0.25, 0.3) is 77.9 Å². The lowest BCUT2D eigenvalue weighted by Crippen LogP contribution is -2.30. The van der Waals surface area contributed by atoms with Gasteiger partial charge in [0.05, 0.1) is 33.6 Å². The number of carbonyl (C=O) groups excluding carboxylic acids is 4. The average molecular weight is 971 g/mol. The molecule has 0 saturated heterocycles. The van der Waals surface area contributed by atoms with Gasteiger partial charge in [0, 0.05) is 11.1 Å². The topological polar surface area (TPSA) is 74.8 Å². The summed E-state index contributed by atoms with van der Waals surface area (Å²) >= 11 is 0. The summed E-state index contributed by atoms with van der Waals surface area (Å²) in [5.41, 5.74) is 20.7. The molecule has 10 aromatic carbocycles. The third-order valence-corrected chi connectivity index (χ3v) is 14.8. The standard InChI is InChI=1S/C69H50N2O4/c1-41-6-16-46(17-7-41)53-29-34-58-63(37-53)68(74)70(66(58)72)56-31-26-48(27-32-56)52-28-33-57(60(36-52)49-20-10-43(3)11-21-49)55-39-61(50-22-12-44(4)13-23-50)65(62(40-55)51-24-14-45(5)15-25-51)71-67(73)59-35-30-54(38-64(59)69(71)75)47-18-8-42(2)9-19-47/h6-40H,1-5H3. The van der Waals surface area contributed by atoms with Crippen molar-refractivity contribution in [1.29, 1.82) is 0 Å². The lowest BCUT2D eigenvalue weighted by Gasteiger charge is -2.25. The summed E-state index contributed by atoms with van der Waals surface area (Å²) in [5, 5.41) is 0. The van der Waals surface area contributed by atoms with E-state index < -0.39 is 0 Å². The maximum Gasteiger partial charge on any atom is 0.266 e. The van der Waals surface area contributed by atoms with Gasteiger partial charge in [0.1, 0.15) is 0 Å². The number of amides is 4. The molecule has 0 unspecified atom stereocenters. The molecule has 0 N–H and O–H groups in total. The van der Waals surface area contributed by atoms with Gasteiger partial charge in [-0.15, -0.1) is 0 Å². The van der Waals surface area contributed by atoms with Crippen LogP contribution in [0.2, 0.25) is 0 Å². The lowest BCUT2D eigenvalue weighted by atomic mass is 9.86. The Morgan fingerprint density at radius 3 is 0.880 bits per heavy atom. The highest BCUT2D eigenvalue weighted by molar-refractivity contribution is 6.37. The van der Waals surface area contributed by atoms with Crippen LogP contribution in [0.15, 0.2) is 212 Å².